The number of hydrogen-bond acceptors (Lipinski definition) is 8. The second-order valence-electron chi connectivity index (χ2n) is 5.27. The normalized spacial score (nSPS) is 11.7. The van der Waals surface area contributed by atoms with Crippen LogP contribution in [0.15, 0.2) is 24.3 Å². The highest BCUT2D eigenvalue weighted by atomic mass is 127. The van der Waals surface area contributed by atoms with E-state index in [1.54, 1.807) is 12.1 Å². The molecule has 0 amide bonds. The van der Waals surface area contributed by atoms with Gasteiger partial charge in [-0.2, -0.15) is 0 Å². The van der Waals surface area contributed by atoms with Crippen molar-refractivity contribution in [3.63, 3.8) is 0 Å². The highest BCUT2D eigenvalue weighted by Gasteiger charge is 2.24. The van der Waals surface area contributed by atoms with Gasteiger partial charge in [0.25, 0.3) is 0 Å². The van der Waals surface area contributed by atoms with Crippen LogP contribution in [-0.2, 0) is 4.74 Å². The summed E-state index contributed by atoms with van der Waals surface area (Å²) in [6, 6.07) is 6.01. The van der Waals surface area contributed by atoms with E-state index in [9.17, 15) is 9.59 Å². The summed E-state index contributed by atoms with van der Waals surface area (Å²) in [7, 11) is 4.06. The van der Waals surface area contributed by atoms with Crippen LogP contribution in [0.4, 0.5) is 0 Å². The van der Waals surface area contributed by atoms with Crippen molar-refractivity contribution in [2.24, 2.45) is 0 Å². The fourth-order valence-electron chi connectivity index (χ4n) is 2.45. The molecule has 1 aliphatic heterocycles. The number of carbonyl (C=O) groups is 2. The molecule has 0 unspecified atom stereocenters. The zero-order valence-corrected chi connectivity index (χ0v) is 16.8. The van der Waals surface area contributed by atoms with Gasteiger partial charge in [-0.15, -0.1) is 0 Å². The number of esters is 2. The van der Waals surface area contributed by atoms with E-state index < -0.39 is 11.9 Å². The molecule has 0 bridgehead atoms. The molecule has 0 atom stereocenters. The second-order valence-corrected chi connectivity index (χ2v) is 6.43. The van der Waals surface area contributed by atoms with Gasteiger partial charge in [0.2, 0.25) is 6.79 Å². The van der Waals surface area contributed by atoms with Crippen molar-refractivity contribution in [3.05, 3.63) is 39.0 Å². The number of carbonyl (C=O) groups excluding carboxylic acids is 2. The maximum atomic E-state index is 12.7. The van der Waals surface area contributed by atoms with Crippen LogP contribution >= 0.6 is 22.6 Å². The van der Waals surface area contributed by atoms with Crippen LogP contribution in [0.5, 0.6) is 28.7 Å². The minimum absolute atomic E-state index is 0.0529. The first-order valence-electron chi connectivity index (χ1n) is 7.64. The molecule has 0 aliphatic carbocycles. The molecule has 142 valence electrons. The van der Waals surface area contributed by atoms with Gasteiger partial charge in [0.1, 0.15) is 11.3 Å². The van der Waals surface area contributed by atoms with Gasteiger partial charge in [0.05, 0.1) is 26.9 Å². The van der Waals surface area contributed by atoms with Gasteiger partial charge in [0.15, 0.2) is 23.0 Å². The Morgan fingerprint density at radius 1 is 0.852 bits per heavy atom. The minimum Gasteiger partial charge on any atom is -0.496 e. The van der Waals surface area contributed by atoms with E-state index in [0.717, 1.165) is 0 Å². The van der Waals surface area contributed by atoms with Crippen LogP contribution in [0.1, 0.15) is 20.7 Å². The summed E-state index contributed by atoms with van der Waals surface area (Å²) in [5, 5.41) is 0. The lowest BCUT2D eigenvalue weighted by Crippen LogP contribution is -2.12. The summed E-state index contributed by atoms with van der Waals surface area (Å²) in [6.45, 7) is 0.0959. The fourth-order valence-corrected chi connectivity index (χ4v) is 3.11. The molecule has 0 fully saturated rings. The van der Waals surface area contributed by atoms with Crippen molar-refractivity contribution < 1.29 is 38.0 Å². The molecule has 9 heteroatoms. The number of hydrogen-bond donors (Lipinski definition) is 0. The Morgan fingerprint density at radius 3 is 2.15 bits per heavy atom. The molecular weight excluding hydrogens is 471 g/mol. The van der Waals surface area contributed by atoms with E-state index in [0.29, 0.717) is 15.1 Å². The van der Waals surface area contributed by atoms with E-state index in [4.69, 9.17) is 28.4 Å². The number of fused-ring (bicyclic) bond motifs is 1. The Hall–Kier alpha value is -2.69. The Bertz CT molecular complexity index is 909. The lowest BCUT2D eigenvalue weighted by molar-refractivity contribution is 0.0593. The first-order chi connectivity index (χ1) is 13.0. The molecule has 8 nitrogen and oxygen atoms in total. The van der Waals surface area contributed by atoms with Crippen molar-refractivity contribution in [2.75, 3.05) is 28.1 Å². The van der Waals surface area contributed by atoms with E-state index in [-0.39, 0.29) is 35.2 Å². The molecule has 0 N–H and O–H groups in total. The zero-order valence-electron chi connectivity index (χ0n) is 14.7. The highest BCUT2D eigenvalue weighted by molar-refractivity contribution is 14.1. The molecule has 0 saturated carbocycles. The lowest BCUT2D eigenvalue weighted by Gasteiger charge is -2.14. The predicted molar refractivity (Wildman–Crippen MR) is 101 cm³/mol. The summed E-state index contributed by atoms with van der Waals surface area (Å²) in [5.74, 6) is 0.253. The summed E-state index contributed by atoms with van der Waals surface area (Å²) in [5.41, 5.74) is 0.390. The second kappa shape index (κ2) is 7.91. The third-order valence-electron chi connectivity index (χ3n) is 3.78. The molecule has 2 aromatic carbocycles. The minimum atomic E-state index is -0.642. The Kier molecular flexibility index (Phi) is 5.59. The Morgan fingerprint density at radius 2 is 1.52 bits per heavy atom. The van der Waals surface area contributed by atoms with E-state index >= 15 is 0 Å². The number of ether oxygens (including phenoxy) is 6. The molecule has 2 aromatic rings. The summed E-state index contributed by atoms with van der Waals surface area (Å²) in [4.78, 5) is 24.6. The molecular formula is C18H15IO8. The van der Waals surface area contributed by atoms with Gasteiger partial charge < -0.3 is 28.4 Å². The largest absolute Gasteiger partial charge is 0.496 e. The highest BCUT2D eigenvalue weighted by Crippen LogP contribution is 2.38. The van der Waals surface area contributed by atoms with Gasteiger partial charge in [-0.05, 0) is 34.7 Å². The lowest BCUT2D eigenvalue weighted by atomic mass is 10.1. The Labute approximate surface area is 168 Å². The summed E-state index contributed by atoms with van der Waals surface area (Å²) < 4.78 is 31.8. The quantitative estimate of drug-likeness (QED) is 0.362. The topological polar surface area (TPSA) is 89.5 Å². The summed E-state index contributed by atoms with van der Waals surface area (Å²) in [6.07, 6.45) is 0. The van der Waals surface area contributed by atoms with Gasteiger partial charge in [-0.3, -0.25) is 0 Å². The monoisotopic (exact) mass is 486 g/mol. The van der Waals surface area contributed by atoms with Crippen molar-refractivity contribution in [3.8, 4) is 28.7 Å². The van der Waals surface area contributed by atoms with Gasteiger partial charge in [-0.1, -0.05) is 0 Å². The predicted octanol–water partition coefficient (Wildman–Crippen LogP) is 3.04. The zero-order chi connectivity index (χ0) is 19.6. The van der Waals surface area contributed by atoms with Crippen LogP contribution in [-0.4, -0.2) is 40.1 Å². The molecule has 0 spiro atoms. The fraction of sp³-hybridized carbons (Fsp3) is 0.222. The Balaban J connectivity index is 1.97. The molecule has 0 radical (unpaired) electrons. The standard InChI is InChI=1S/C18H15IO8/c1-22-12-7-13(23-2)16(5-10(12)17(20)24-3)27-18(21)9-4-14-15(6-11(9)19)26-8-25-14/h4-7H,8H2,1-3H3. The van der Waals surface area contributed by atoms with Crippen molar-refractivity contribution in [1.82, 2.24) is 0 Å². The molecule has 1 aliphatic rings. The first kappa shape index (κ1) is 19.1. The molecule has 0 aromatic heterocycles. The average molecular weight is 486 g/mol. The van der Waals surface area contributed by atoms with Crippen LogP contribution < -0.4 is 23.7 Å². The summed E-state index contributed by atoms with van der Waals surface area (Å²) >= 11 is 2.00. The van der Waals surface area contributed by atoms with Crippen LogP contribution in [0.3, 0.4) is 0 Å². The third-order valence-corrected chi connectivity index (χ3v) is 4.67. The van der Waals surface area contributed by atoms with E-state index in [1.165, 1.54) is 33.5 Å². The maximum absolute atomic E-state index is 12.7. The third kappa shape index (κ3) is 3.72. The van der Waals surface area contributed by atoms with Crippen molar-refractivity contribution in [2.45, 2.75) is 0 Å². The first-order valence-corrected chi connectivity index (χ1v) is 8.72. The number of benzene rings is 2. The molecule has 3 rings (SSSR count). The maximum Gasteiger partial charge on any atom is 0.344 e. The van der Waals surface area contributed by atoms with Crippen LogP contribution in [0, 0.1) is 3.57 Å². The number of halogens is 1. The average Bonchev–Trinajstić information content (AvgIpc) is 3.13. The molecule has 0 saturated heterocycles. The number of rotatable bonds is 5. The van der Waals surface area contributed by atoms with Gasteiger partial charge in [-0.25, -0.2) is 9.59 Å². The van der Waals surface area contributed by atoms with Crippen molar-refractivity contribution in [1.29, 1.82) is 0 Å². The smallest absolute Gasteiger partial charge is 0.344 e. The SMILES string of the molecule is COC(=O)c1cc(OC(=O)c2cc3c(cc2I)OCO3)c(OC)cc1OC. The van der Waals surface area contributed by atoms with Gasteiger partial charge in [0, 0.05) is 15.7 Å². The van der Waals surface area contributed by atoms with Gasteiger partial charge >= 0.3 is 11.9 Å². The van der Waals surface area contributed by atoms with E-state index in [1.807, 2.05) is 22.6 Å². The van der Waals surface area contributed by atoms with Crippen LogP contribution in [0.25, 0.3) is 0 Å². The van der Waals surface area contributed by atoms with E-state index in [2.05, 4.69) is 0 Å². The molecule has 27 heavy (non-hydrogen) atoms. The number of methoxy groups -OCH3 is 3. The van der Waals surface area contributed by atoms with Crippen molar-refractivity contribution >= 4 is 34.5 Å². The van der Waals surface area contributed by atoms with Crippen LogP contribution in [0.2, 0.25) is 0 Å². The molecule has 1 heterocycles.